The van der Waals surface area contributed by atoms with Crippen molar-refractivity contribution in [3.8, 4) is 0 Å². The Morgan fingerprint density at radius 1 is 0.759 bits per heavy atom. The van der Waals surface area contributed by atoms with Crippen LogP contribution in [0, 0.1) is 5.41 Å². The van der Waals surface area contributed by atoms with Crippen LogP contribution in [0.1, 0.15) is 64.5 Å². The minimum absolute atomic E-state index is 0.135. The summed E-state index contributed by atoms with van der Waals surface area (Å²) in [6.07, 6.45) is 5.30. The quantitative estimate of drug-likeness (QED) is 0.529. The summed E-state index contributed by atoms with van der Waals surface area (Å²) >= 11 is 3.48. The molecule has 2 saturated carbocycles. The van der Waals surface area contributed by atoms with Gasteiger partial charge in [0.05, 0.1) is 0 Å². The van der Waals surface area contributed by atoms with E-state index >= 15 is 0 Å². The van der Waals surface area contributed by atoms with Crippen molar-refractivity contribution < 1.29 is 9.31 Å². The van der Waals surface area contributed by atoms with Gasteiger partial charge in [-0.05, 0) is 65.2 Å². The largest absolute Gasteiger partial charge is 0.493 e. The molecule has 1 heterocycles. The van der Waals surface area contributed by atoms with E-state index in [1.165, 1.54) is 41.3 Å². The number of rotatable bonds is 3. The molecule has 3 fully saturated rings. The molecule has 0 radical (unpaired) electrons. The Morgan fingerprint density at radius 3 is 1.79 bits per heavy atom. The van der Waals surface area contributed by atoms with Crippen LogP contribution in [-0.4, -0.2) is 20.3 Å². The summed E-state index contributed by atoms with van der Waals surface area (Å²) in [5.74, 6) is 0. The summed E-state index contributed by atoms with van der Waals surface area (Å²) < 4.78 is 12.9. The van der Waals surface area contributed by atoms with Crippen molar-refractivity contribution >= 4 is 28.5 Å². The molecule has 0 spiro atoms. The topological polar surface area (TPSA) is 18.5 Å². The number of benzene rings is 2. The van der Waals surface area contributed by atoms with Crippen LogP contribution in [0.25, 0.3) is 0 Å². The lowest BCUT2D eigenvalue weighted by atomic mass is 9.74. The minimum Gasteiger partial charge on any atom is -0.407 e. The number of halogens is 1. The van der Waals surface area contributed by atoms with Gasteiger partial charge in [0.1, 0.15) is 0 Å². The molecule has 3 aliphatic rings. The van der Waals surface area contributed by atoms with Crippen LogP contribution < -0.4 is 5.46 Å². The maximum atomic E-state index is 5.85. The summed E-state index contributed by atoms with van der Waals surface area (Å²) in [6.45, 7) is 10.5. The van der Waals surface area contributed by atoms with Crippen molar-refractivity contribution in [2.45, 2.75) is 64.2 Å². The smallest absolute Gasteiger partial charge is 0.407 e. The number of hydrogen-bond donors (Lipinski definition) is 0. The van der Waals surface area contributed by atoms with Gasteiger partial charge >= 0.3 is 7.12 Å². The average molecular weight is 455 g/mol. The lowest BCUT2D eigenvalue weighted by Gasteiger charge is -2.33. The molecule has 1 aliphatic heterocycles. The SMILES string of the molecule is CC1(C)COB(c2cccc(C3(C)CC3)c2)OC1.CC1(c2cccc(Br)c2)CC1. The molecule has 2 nitrogen and oxygen atoms in total. The highest BCUT2D eigenvalue weighted by Crippen LogP contribution is 2.48. The first kappa shape index (κ1) is 21.1. The first-order chi connectivity index (χ1) is 13.7. The standard InChI is InChI=1S/C15H21BO2.C10H11Br/c1-14(2)10-17-16(18-11-14)13-6-4-5-12(9-13)15(3)7-8-15;1-10(5-6-10)8-3-2-4-9(11)7-8/h4-6,9H,7-8,10-11H2,1-3H3;2-4,7H,5-6H2,1H3. The summed E-state index contributed by atoms with van der Waals surface area (Å²) in [7, 11) is -0.180. The second-order valence-corrected chi connectivity index (χ2v) is 11.3. The Bertz CT molecular complexity index is 861. The molecule has 0 unspecified atom stereocenters. The van der Waals surface area contributed by atoms with Crippen LogP contribution >= 0.6 is 15.9 Å². The van der Waals surface area contributed by atoms with Gasteiger partial charge in [0.2, 0.25) is 0 Å². The molecule has 0 N–H and O–H groups in total. The van der Waals surface area contributed by atoms with E-state index in [9.17, 15) is 0 Å². The van der Waals surface area contributed by atoms with Crippen LogP contribution in [0.3, 0.4) is 0 Å². The molecular weight excluding hydrogens is 423 g/mol. The summed E-state index contributed by atoms with van der Waals surface area (Å²) in [5.41, 5.74) is 5.12. The zero-order valence-electron chi connectivity index (χ0n) is 18.1. The Balaban J connectivity index is 0.000000159. The predicted octanol–water partition coefficient (Wildman–Crippen LogP) is 6.01. The van der Waals surface area contributed by atoms with E-state index in [1.807, 2.05) is 0 Å². The van der Waals surface area contributed by atoms with Gasteiger partial charge in [-0.1, -0.05) is 80.0 Å². The van der Waals surface area contributed by atoms with Gasteiger partial charge in [-0.2, -0.15) is 0 Å². The zero-order valence-corrected chi connectivity index (χ0v) is 19.7. The Morgan fingerprint density at radius 2 is 1.28 bits per heavy atom. The van der Waals surface area contributed by atoms with E-state index in [4.69, 9.17) is 9.31 Å². The summed E-state index contributed by atoms with van der Waals surface area (Å²) in [6, 6.07) is 17.4. The van der Waals surface area contributed by atoms with Crippen molar-refractivity contribution in [1.29, 1.82) is 0 Å². The molecule has 2 aliphatic carbocycles. The molecule has 2 aromatic rings. The molecule has 1 saturated heterocycles. The third-order valence-electron chi connectivity index (χ3n) is 6.63. The van der Waals surface area contributed by atoms with Gasteiger partial charge in [0.15, 0.2) is 0 Å². The van der Waals surface area contributed by atoms with Crippen LogP contribution in [0.2, 0.25) is 0 Å². The Hall–Kier alpha value is -1.10. The van der Waals surface area contributed by atoms with Crippen molar-refractivity contribution in [2.24, 2.45) is 5.41 Å². The van der Waals surface area contributed by atoms with Crippen molar-refractivity contribution in [2.75, 3.05) is 13.2 Å². The van der Waals surface area contributed by atoms with Gasteiger partial charge in [0.25, 0.3) is 0 Å². The van der Waals surface area contributed by atoms with E-state index < -0.39 is 0 Å². The zero-order chi connectivity index (χ0) is 20.7. The maximum absolute atomic E-state index is 5.85. The van der Waals surface area contributed by atoms with Gasteiger partial charge in [-0.15, -0.1) is 0 Å². The lowest BCUT2D eigenvalue weighted by Crippen LogP contribution is -2.47. The minimum atomic E-state index is -0.180. The first-order valence-electron chi connectivity index (χ1n) is 10.8. The van der Waals surface area contributed by atoms with Crippen LogP contribution in [0.5, 0.6) is 0 Å². The lowest BCUT2D eigenvalue weighted by molar-refractivity contribution is 0.0343. The molecule has 4 heteroatoms. The van der Waals surface area contributed by atoms with Crippen molar-refractivity contribution in [3.63, 3.8) is 0 Å². The van der Waals surface area contributed by atoms with E-state index in [1.54, 1.807) is 0 Å². The van der Waals surface area contributed by atoms with Gasteiger partial charge in [-0.3, -0.25) is 0 Å². The molecular formula is C25H32BBrO2. The van der Waals surface area contributed by atoms with Crippen molar-refractivity contribution in [1.82, 2.24) is 0 Å². The number of hydrogen-bond acceptors (Lipinski definition) is 2. The molecule has 154 valence electrons. The fourth-order valence-electron chi connectivity index (χ4n) is 3.76. The Labute approximate surface area is 184 Å². The predicted molar refractivity (Wildman–Crippen MR) is 125 cm³/mol. The molecule has 5 rings (SSSR count). The fourth-order valence-corrected chi connectivity index (χ4v) is 4.16. The van der Waals surface area contributed by atoms with E-state index in [0.717, 1.165) is 18.7 Å². The van der Waals surface area contributed by atoms with E-state index in [2.05, 4.69) is 92.2 Å². The summed E-state index contributed by atoms with van der Waals surface area (Å²) in [5, 5.41) is 0. The average Bonchev–Trinajstić information content (AvgIpc) is 3.62. The molecule has 2 aromatic carbocycles. The molecule has 0 bridgehead atoms. The molecule has 0 atom stereocenters. The Kier molecular flexibility index (Phi) is 5.74. The second kappa shape index (κ2) is 7.87. The normalized spacial score (nSPS) is 23.0. The molecule has 0 amide bonds. The highest BCUT2D eigenvalue weighted by Gasteiger charge is 2.40. The highest BCUT2D eigenvalue weighted by molar-refractivity contribution is 9.10. The first-order valence-corrected chi connectivity index (χ1v) is 11.6. The van der Waals surface area contributed by atoms with Crippen LogP contribution in [-0.2, 0) is 20.1 Å². The van der Waals surface area contributed by atoms with Gasteiger partial charge in [0, 0.05) is 23.1 Å². The third-order valence-corrected chi connectivity index (χ3v) is 7.12. The van der Waals surface area contributed by atoms with Gasteiger partial charge in [-0.25, -0.2) is 0 Å². The van der Waals surface area contributed by atoms with Crippen LogP contribution in [0.4, 0.5) is 0 Å². The third kappa shape index (κ3) is 5.15. The molecule has 29 heavy (non-hydrogen) atoms. The highest BCUT2D eigenvalue weighted by atomic mass is 79.9. The second-order valence-electron chi connectivity index (χ2n) is 10.4. The maximum Gasteiger partial charge on any atom is 0.493 e. The van der Waals surface area contributed by atoms with E-state index in [-0.39, 0.29) is 12.5 Å². The fraction of sp³-hybridized carbons (Fsp3) is 0.520. The molecule has 0 aromatic heterocycles. The van der Waals surface area contributed by atoms with Crippen molar-refractivity contribution in [3.05, 3.63) is 64.1 Å². The van der Waals surface area contributed by atoms with Crippen LogP contribution in [0.15, 0.2) is 53.0 Å². The summed E-state index contributed by atoms with van der Waals surface area (Å²) in [4.78, 5) is 0. The van der Waals surface area contributed by atoms with Gasteiger partial charge < -0.3 is 9.31 Å². The van der Waals surface area contributed by atoms with E-state index in [0.29, 0.717) is 10.8 Å². The monoisotopic (exact) mass is 454 g/mol.